The number of nitrogens with two attached hydrogens (primary N) is 1. The summed E-state index contributed by atoms with van der Waals surface area (Å²) >= 11 is 3.51. The van der Waals surface area contributed by atoms with Crippen LogP contribution in [0.2, 0.25) is 0 Å². The smallest absolute Gasteiger partial charge is 0.122 e. The van der Waals surface area contributed by atoms with E-state index in [1.54, 1.807) is 7.11 Å². The van der Waals surface area contributed by atoms with E-state index in [-0.39, 0.29) is 0 Å². The Labute approximate surface area is 124 Å². The molecule has 0 saturated heterocycles. The van der Waals surface area contributed by atoms with E-state index in [0.29, 0.717) is 5.41 Å². The summed E-state index contributed by atoms with van der Waals surface area (Å²) in [4.78, 5) is 0. The van der Waals surface area contributed by atoms with E-state index in [4.69, 9.17) is 10.5 Å². The Bertz CT molecular complexity index is 413. The first-order valence-electron chi connectivity index (χ1n) is 6.92. The molecule has 19 heavy (non-hydrogen) atoms. The Morgan fingerprint density at radius 2 is 2.21 bits per heavy atom. The second kappa shape index (κ2) is 6.73. The monoisotopic (exact) mass is 326 g/mol. The molecule has 3 nitrogen and oxygen atoms in total. The molecule has 1 aliphatic rings. The highest BCUT2D eigenvalue weighted by atomic mass is 79.9. The third-order valence-corrected chi connectivity index (χ3v) is 4.65. The van der Waals surface area contributed by atoms with Crippen LogP contribution in [0, 0.1) is 5.41 Å². The van der Waals surface area contributed by atoms with E-state index < -0.39 is 0 Å². The van der Waals surface area contributed by atoms with Crippen molar-refractivity contribution in [2.45, 2.75) is 25.7 Å². The molecule has 0 amide bonds. The van der Waals surface area contributed by atoms with Crippen LogP contribution >= 0.6 is 15.9 Å². The van der Waals surface area contributed by atoms with Crippen molar-refractivity contribution in [1.82, 2.24) is 5.32 Å². The minimum atomic E-state index is 0.376. The minimum Gasteiger partial charge on any atom is -0.496 e. The maximum atomic E-state index is 5.86. The van der Waals surface area contributed by atoms with Crippen molar-refractivity contribution >= 4 is 15.9 Å². The van der Waals surface area contributed by atoms with Gasteiger partial charge in [-0.3, -0.25) is 0 Å². The standard InChI is InChI=1S/C15H23BrN2O/c1-19-14-4-3-13(16)9-12(14)5-8-18-11-15(10-17)6-2-7-15/h3-4,9,18H,2,5-8,10-11,17H2,1H3. The van der Waals surface area contributed by atoms with Crippen LogP contribution in [0.3, 0.4) is 0 Å². The number of rotatable bonds is 7. The first-order chi connectivity index (χ1) is 9.19. The molecule has 0 radical (unpaired) electrons. The molecule has 4 heteroatoms. The Morgan fingerprint density at radius 1 is 1.42 bits per heavy atom. The highest BCUT2D eigenvalue weighted by Crippen LogP contribution is 2.39. The molecule has 0 atom stereocenters. The molecule has 0 spiro atoms. The fourth-order valence-corrected chi connectivity index (χ4v) is 3.06. The van der Waals surface area contributed by atoms with Gasteiger partial charge in [0.05, 0.1) is 7.11 Å². The lowest BCUT2D eigenvalue weighted by atomic mass is 9.69. The second-order valence-corrected chi connectivity index (χ2v) is 6.36. The fourth-order valence-electron chi connectivity index (χ4n) is 2.65. The number of hydrogen-bond donors (Lipinski definition) is 2. The molecule has 0 heterocycles. The van der Waals surface area contributed by atoms with E-state index in [1.807, 2.05) is 12.1 Å². The quantitative estimate of drug-likeness (QED) is 0.757. The van der Waals surface area contributed by atoms with Gasteiger partial charge in [-0.05, 0) is 61.5 Å². The van der Waals surface area contributed by atoms with Crippen molar-refractivity contribution in [3.8, 4) is 5.75 Å². The SMILES string of the molecule is COc1ccc(Br)cc1CCNCC1(CN)CCC1. The molecule has 2 rings (SSSR count). The zero-order valence-corrected chi connectivity index (χ0v) is 13.1. The van der Waals surface area contributed by atoms with E-state index in [2.05, 4.69) is 27.3 Å². The molecule has 1 aromatic rings. The van der Waals surface area contributed by atoms with Crippen molar-refractivity contribution in [3.63, 3.8) is 0 Å². The van der Waals surface area contributed by atoms with E-state index in [1.165, 1.54) is 24.8 Å². The summed E-state index contributed by atoms with van der Waals surface area (Å²) < 4.78 is 6.48. The molecule has 1 aliphatic carbocycles. The third-order valence-electron chi connectivity index (χ3n) is 4.16. The lowest BCUT2D eigenvalue weighted by Gasteiger charge is -2.41. The summed E-state index contributed by atoms with van der Waals surface area (Å²) in [7, 11) is 1.72. The lowest BCUT2D eigenvalue weighted by Crippen LogP contribution is -2.45. The normalized spacial score (nSPS) is 17.0. The molecule has 1 aromatic carbocycles. The van der Waals surface area contributed by atoms with Gasteiger partial charge in [-0.1, -0.05) is 22.4 Å². The van der Waals surface area contributed by atoms with Crippen molar-refractivity contribution in [1.29, 1.82) is 0 Å². The molecule has 0 aromatic heterocycles. The van der Waals surface area contributed by atoms with Gasteiger partial charge in [0.2, 0.25) is 0 Å². The Kier molecular flexibility index (Phi) is 5.25. The molecule has 1 fully saturated rings. The van der Waals surface area contributed by atoms with Crippen molar-refractivity contribution < 1.29 is 4.74 Å². The van der Waals surface area contributed by atoms with Crippen LogP contribution in [0.25, 0.3) is 0 Å². The summed E-state index contributed by atoms with van der Waals surface area (Å²) in [6.07, 6.45) is 4.86. The molecule has 0 bridgehead atoms. The van der Waals surface area contributed by atoms with Gasteiger partial charge in [-0.15, -0.1) is 0 Å². The van der Waals surface area contributed by atoms with Crippen LogP contribution in [0.1, 0.15) is 24.8 Å². The molecule has 0 aliphatic heterocycles. The van der Waals surface area contributed by atoms with Crippen molar-refractivity contribution in [2.24, 2.45) is 11.1 Å². The molecular weight excluding hydrogens is 304 g/mol. The largest absolute Gasteiger partial charge is 0.496 e. The average molecular weight is 327 g/mol. The predicted octanol–water partition coefficient (Wildman–Crippen LogP) is 2.72. The predicted molar refractivity (Wildman–Crippen MR) is 82.6 cm³/mol. The summed E-state index contributed by atoms with van der Waals surface area (Å²) in [5.41, 5.74) is 7.47. The number of nitrogens with one attached hydrogen (secondary N) is 1. The van der Waals surface area contributed by atoms with Crippen LogP contribution in [-0.4, -0.2) is 26.7 Å². The van der Waals surface area contributed by atoms with Crippen molar-refractivity contribution in [2.75, 3.05) is 26.7 Å². The lowest BCUT2D eigenvalue weighted by molar-refractivity contribution is 0.141. The summed E-state index contributed by atoms with van der Waals surface area (Å²) in [5.74, 6) is 0.960. The van der Waals surface area contributed by atoms with Crippen LogP contribution in [0.4, 0.5) is 0 Å². The number of benzene rings is 1. The van der Waals surface area contributed by atoms with Crippen LogP contribution in [0.5, 0.6) is 5.75 Å². The van der Waals surface area contributed by atoms with Gasteiger partial charge in [-0.25, -0.2) is 0 Å². The summed E-state index contributed by atoms with van der Waals surface area (Å²) in [5, 5.41) is 3.55. The fraction of sp³-hybridized carbons (Fsp3) is 0.600. The number of hydrogen-bond acceptors (Lipinski definition) is 3. The summed E-state index contributed by atoms with van der Waals surface area (Å²) in [6, 6.07) is 6.14. The van der Waals surface area contributed by atoms with Gasteiger partial charge in [-0.2, -0.15) is 0 Å². The third kappa shape index (κ3) is 3.71. The van der Waals surface area contributed by atoms with E-state index in [0.717, 1.165) is 36.3 Å². The zero-order chi connectivity index (χ0) is 13.7. The van der Waals surface area contributed by atoms with Crippen LogP contribution in [0.15, 0.2) is 22.7 Å². The van der Waals surface area contributed by atoms with Gasteiger partial charge in [0.1, 0.15) is 5.75 Å². The van der Waals surface area contributed by atoms with Gasteiger partial charge in [0.25, 0.3) is 0 Å². The van der Waals surface area contributed by atoms with E-state index in [9.17, 15) is 0 Å². The first kappa shape index (κ1) is 14.8. The number of ether oxygens (including phenoxy) is 1. The average Bonchev–Trinajstić information content (AvgIpc) is 2.37. The van der Waals surface area contributed by atoms with Crippen molar-refractivity contribution in [3.05, 3.63) is 28.2 Å². The molecule has 3 N–H and O–H groups in total. The Morgan fingerprint density at radius 3 is 2.79 bits per heavy atom. The van der Waals surface area contributed by atoms with Gasteiger partial charge >= 0.3 is 0 Å². The second-order valence-electron chi connectivity index (χ2n) is 5.44. The number of methoxy groups -OCH3 is 1. The highest BCUT2D eigenvalue weighted by molar-refractivity contribution is 9.10. The Balaban J connectivity index is 1.80. The number of halogens is 1. The van der Waals surface area contributed by atoms with Gasteiger partial charge in [0.15, 0.2) is 0 Å². The van der Waals surface area contributed by atoms with Gasteiger partial charge in [0, 0.05) is 11.0 Å². The zero-order valence-electron chi connectivity index (χ0n) is 11.5. The minimum absolute atomic E-state index is 0.376. The van der Waals surface area contributed by atoms with Crippen LogP contribution < -0.4 is 15.8 Å². The molecule has 1 saturated carbocycles. The van der Waals surface area contributed by atoms with E-state index >= 15 is 0 Å². The molecule has 0 unspecified atom stereocenters. The topological polar surface area (TPSA) is 47.3 Å². The molecular formula is C15H23BrN2O. The first-order valence-corrected chi connectivity index (χ1v) is 7.72. The molecule has 106 valence electrons. The maximum absolute atomic E-state index is 5.86. The Hall–Kier alpha value is -0.580. The summed E-state index contributed by atoms with van der Waals surface area (Å²) in [6.45, 7) is 2.81. The van der Waals surface area contributed by atoms with Crippen LogP contribution in [-0.2, 0) is 6.42 Å². The maximum Gasteiger partial charge on any atom is 0.122 e. The van der Waals surface area contributed by atoms with Gasteiger partial charge < -0.3 is 15.8 Å². The highest BCUT2D eigenvalue weighted by Gasteiger charge is 2.34.